The van der Waals surface area contributed by atoms with Crippen LogP contribution in [0.3, 0.4) is 0 Å². The molecular formula is C36H43N5O. The van der Waals surface area contributed by atoms with Gasteiger partial charge < -0.3 is 19.9 Å². The molecule has 6 nitrogen and oxygen atoms in total. The summed E-state index contributed by atoms with van der Waals surface area (Å²) >= 11 is 0. The first kappa shape index (κ1) is 27.2. The fraction of sp³-hybridized carbons (Fsp3) is 0.444. The first-order valence-corrected chi connectivity index (χ1v) is 16.2. The van der Waals surface area contributed by atoms with E-state index < -0.39 is 0 Å². The number of anilines is 2. The van der Waals surface area contributed by atoms with E-state index in [9.17, 15) is 0 Å². The van der Waals surface area contributed by atoms with Crippen LogP contribution in [0.5, 0.6) is 5.88 Å². The predicted octanol–water partition coefficient (Wildman–Crippen LogP) is 7.32. The van der Waals surface area contributed by atoms with Crippen LogP contribution in [-0.2, 0) is 0 Å². The molecule has 6 heteroatoms. The van der Waals surface area contributed by atoms with Crippen molar-refractivity contribution in [1.82, 2.24) is 15.3 Å². The first-order chi connectivity index (χ1) is 20.8. The Bertz CT molecular complexity index is 1500. The van der Waals surface area contributed by atoms with Crippen molar-refractivity contribution in [1.29, 1.82) is 0 Å². The third-order valence-electron chi connectivity index (χ3n) is 9.34. The SMILES string of the molecule is c1cc(-c2cc3ncc(OCC4CCNCC4)nc3cc2-c2cccc(N3CCCCC3)c2)cc(N2CCCCC2)c1. The molecule has 3 aliphatic rings. The van der Waals surface area contributed by atoms with Crippen molar-refractivity contribution >= 4 is 22.4 Å². The van der Waals surface area contributed by atoms with Crippen molar-refractivity contribution in [3.63, 3.8) is 0 Å². The molecule has 0 atom stereocenters. The number of piperidine rings is 3. The van der Waals surface area contributed by atoms with Crippen LogP contribution in [0.1, 0.15) is 51.4 Å². The van der Waals surface area contributed by atoms with Gasteiger partial charge in [-0.25, -0.2) is 9.97 Å². The number of fused-ring (bicyclic) bond motifs is 1. The van der Waals surface area contributed by atoms with Gasteiger partial charge in [-0.15, -0.1) is 0 Å². The van der Waals surface area contributed by atoms with E-state index in [1.807, 2.05) is 0 Å². The zero-order valence-corrected chi connectivity index (χ0v) is 24.7. The van der Waals surface area contributed by atoms with Crippen LogP contribution in [0.4, 0.5) is 11.4 Å². The standard InChI is InChI=1S/C36H43N5O/c1-3-17-40(18-4-1)30-11-7-9-28(21-30)32-23-34-35(39-36(25-38-34)42-26-27-13-15-37-16-14-27)24-33(32)29-10-8-12-31(22-29)41-19-5-2-6-20-41/h7-12,21-25,27,37H,1-6,13-20,26H2. The molecule has 7 rings (SSSR count). The van der Waals surface area contributed by atoms with Crippen LogP contribution in [0, 0.1) is 5.92 Å². The molecular weight excluding hydrogens is 518 g/mol. The highest BCUT2D eigenvalue weighted by Gasteiger charge is 2.18. The summed E-state index contributed by atoms with van der Waals surface area (Å²) in [5.74, 6) is 1.19. The van der Waals surface area contributed by atoms with Gasteiger partial charge in [0.1, 0.15) is 0 Å². The number of benzene rings is 3. The lowest BCUT2D eigenvalue weighted by molar-refractivity contribution is 0.209. The molecule has 218 valence electrons. The summed E-state index contributed by atoms with van der Waals surface area (Å²) in [5, 5.41) is 3.44. The van der Waals surface area contributed by atoms with Gasteiger partial charge in [0.25, 0.3) is 0 Å². The molecule has 3 aromatic carbocycles. The summed E-state index contributed by atoms with van der Waals surface area (Å²) in [6, 6.07) is 22.6. The fourth-order valence-electron chi connectivity index (χ4n) is 6.89. The van der Waals surface area contributed by atoms with Gasteiger partial charge in [-0.2, -0.15) is 0 Å². The molecule has 0 bridgehead atoms. The van der Waals surface area contributed by atoms with Crippen LogP contribution in [0.25, 0.3) is 33.3 Å². The first-order valence-electron chi connectivity index (χ1n) is 16.2. The second kappa shape index (κ2) is 12.7. The Labute approximate surface area is 250 Å². The lowest BCUT2D eigenvalue weighted by Crippen LogP contribution is -2.30. The van der Waals surface area contributed by atoms with Gasteiger partial charge in [-0.05, 0) is 129 Å². The molecule has 3 fully saturated rings. The van der Waals surface area contributed by atoms with Crippen LogP contribution in [0.15, 0.2) is 66.9 Å². The van der Waals surface area contributed by atoms with E-state index in [-0.39, 0.29) is 0 Å². The Morgan fingerprint density at radius 2 is 1.26 bits per heavy atom. The maximum atomic E-state index is 6.18. The van der Waals surface area contributed by atoms with Crippen molar-refractivity contribution in [3.05, 3.63) is 66.9 Å². The quantitative estimate of drug-likeness (QED) is 0.255. The average molecular weight is 562 g/mol. The third-order valence-corrected chi connectivity index (χ3v) is 9.34. The van der Waals surface area contributed by atoms with Gasteiger partial charge >= 0.3 is 0 Å². The Morgan fingerprint density at radius 1 is 0.690 bits per heavy atom. The molecule has 4 aromatic rings. The molecule has 0 amide bonds. The minimum Gasteiger partial charge on any atom is -0.476 e. The van der Waals surface area contributed by atoms with E-state index in [4.69, 9.17) is 14.7 Å². The van der Waals surface area contributed by atoms with Gasteiger partial charge in [0.2, 0.25) is 5.88 Å². The fourth-order valence-corrected chi connectivity index (χ4v) is 6.89. The van der Waals surface area contributed by atoms with E-state index >= 15 is 0 Å². The van der Waals surface area contributed by atoms with Crippen LogP contribution >= 0.6 is 0 Å². The van der Waals surface area contributed by atoms with Crippen LogP contribution < -0.4 is 19.9 Å². The highest BCUT2D eigenvalue weighted by atomic mass is 16.5. The summed E-state index contributed by atoms with van der Waals surface area (Å²) in [6.07, 6.45) is 11.8. The van der Waals surface area contributed by atoms with Crippen molar-refractivity contribution in [2.45, 2.75) is 51.4 Å². The number of rotatable bonds is 7. The number of nitrogens with one attached hydrogen (secondary N) is 1. The maximum absolute atomic E-state index is 6.18. The molecule has 3 saturated heterocycles. The Balaban J connectivity index is 1.27. The highest BCUT2D eigenvalue weighted by molar-refractivity contribution is 5.94. The summed E-state index contributed by atoms with van der Waals surface area (Å²) in [5.41, 5.74) is 9.26. The van der Waals surface area contributed by atoms with Crippen molar-refractivity contribution < 1.29 is 4.74 Å². The minimum atomic E-state index is 0.575. The lowest BCUT2D eigenvalue weighted by Gasteiger charge is -2.29. The normalized spacial score (nSPS) is 18.4. The molecule has 0 radical (unpaired) electrons. The third kappa shape index (κ3) is 6.10. The van der Waals surface area contributed by atoms with E-state index in [0.717, 1.165) is 63.1 Å². The van der Waals surface area contributed by atoms with Crippen molar-refractivity contribution in [2.75, 3.05) is 55.7 Å². The number of nitrogens with zero attached hydrogens (tertiary/aromatic N) is 4. The Kier molecular flexibility index (Phi) is 8.23. The Hall–Kier alpha value is -3.64. The largest absolute Gasteiger partial charge is 0.476 e. The van der Waals surface area contributed by atoms with Gasteiger partial charge in [0.05, 0.1) is 23.8 Å². The van der Waals surface area contributed by atoms with E-state index in [0.29, 0.717) is 18.4 Å². The monoisotopic (exact) mass is 561 g/mol. The summed E-state index contributed by atoms with van der Waals surface area (Å²) in [7, 11) is 0. The highest BCUT2D eigenvalue weighted by Crippen LogP contribution is 2.38. The molecule has 3 aliphatic heterocycles. The maximum Gasteiger partial charge on any atom is 0.232 e. The summed E-state index contributed by atoms with van der Waals surface area (Å²) < 4.78 is 6.18. The van der Waals surface area contributed by atoms with Crippen LogP contribution in [-0.4, -0.2) is 55.8 Å². The van der Waals surface area contributed by atoms with E-state index in [2.05, 4.69) is 75.8 Å². The van der Waals surface area contributed by atoms with Crippen molar-refractivity contribution in [2.24, 2.45) is 5.92 Å². The topological polar surface area (TPSA) is 53.5 Å². The smallest absolute Gasteiger partial charge is 0.232 e. The average Bonchev–Trinajstić information content (AvgIpc) is 3.08. The molecule has 1 aromatic heterocycles. The molecule has 42 heavy (non-hydrogen) atoms. The van der Waals surface area contributed by atoms with Gasteiger partial charge in [0.15, 0.2) is 0 Å². The molecule has 0 unspecified atom stereocenters. The van der Waals surface area contributed by atoms with Crippen molar-refractivity contribution in [3.8, 4) is 28.1 Å². The van der Waals surface area contributed by atoms with Crippen LogP contribution in [0.2, 0.25) is 0 Å². The zero-order valence-electron chi connectivity index (χ0n) is 24.7. The number of ether oxygens (including phenoxy) is 1. The molecule has 1 N–H and O–H groups in total. The second-order valence-electron chi connectivity index (χ2n) is 12.3. The second-order valence-corrected chi connectivity index (χ2v) is 12.3. The predicted molar refractivity (Wildman–Crippen MR) is 174 cm³/mol. The molecule has 4 heterocycles. The Morgan fingerprint density at radius 3 is 1.86 bits per heavy atom. The number of hydrogen-bond acceptors (Lipinski definition) is 6. The van der Waals surface area contributed by atoms with Gasteiger partial charge in [-0.3, -0.25) is 0 Å². The zero-order chi connectivity index (χ0) is 28.1. The summed E-state index contributed by atoms with van der Waals surface area (Å²) in [6.45, 7) is 7.38. The lowest BCUT2D eigenvalue weighted by atomic mass is 9.92. The minimum absolute atomic E-state index is 0.575. The molecule has 0 aliphatic carbocycles. The molecule has 0 spiro atoms. The van der Waals surface area contributed by atoms with Gasteiger partial charge in [0, 0.05) is 37.6 Å². The molecule has 0 saturated carbocycles. The summed E-state index contributed by atoms with van der Waals surface area (Å²) in [4.78, 5) is 14.9. The van der Waals surface area contributed by atoms with E-state index in [1.165, 1.54) is 72.2 Å². The van der Waals surface area contributed by atoms with E-state index in [1.54, 1.807) is 6.20 Å². The number of hydrogen-bond donors (Lipinski definition) is 1. The number of aromatic nitrogens is 2. The van der Waals surface area contributed by atoms with Gasteiger partial charge in [-0.1, -0.05) is 24.3 Å².